The lowest BCUT2D eigenvalue weighted by Crippen LogP contribution is -2.17. The molecule has 2 heterocycles. The minimum Gasteiger partial charge on any atom is -0.468 e. The molecular formula is C14H16N4O4. The number of aromatic nitrogens is 4. The molecule has 0 aliphatic heterocycles. The van der Waals surface area contributed by atoms with Gasteiger partial charge in [0.15, 0.2) is 5.69 Å². The van der Waals surface area contributed by atoms with Crippen LogP contribution in [0.2, 0.25) is 0 Å². The molecule has 116 valence electrons. The largest absolute Gasteiger partial charge is 0.468 e. The number of rotatable bonds is 4. The number of fused-ring (bicyclic) bond motifs is 3. The standard InChI is InChI=1S/C14H16N4O4/c1-3-22-14(20)13-11-9(18(17-13)7-10(19)21-2)5-4-8-6-15-16-12(8)11/h6H,3-5,7H2,1-2H3,(H,15,16). The van der Waals surface area contributed by atoms with Crippen LogP contribution in [0.15, 0.2) is 6.20 Å². The van der Waals surface area contributed by atoms with Gasteiger partial charge in [0, 0.05) is 5.69 Å². The highest BCUT2D eigenvalue weighted by atomic mass is 16.5. The summed E-state index contributed by atoms with van der Waals surface area (Å²) in [6.45, 7) is 1.95. The fourth-order valence-corrected chi connectivity index (χ4v) is 2.64. The molecule has 0 aromatic carbocycles. The molecule has 1 aliphatic carbocycles. The number of aromatic amines is 1. The van der Waals surface area contributed by atoms with E-state index in [9.17, 15) is 9.59 Å². The Bertz CT molecular complexity index is 731. The first-order chi connectivity index (χ1) is 10.7. The van der Waals surface area contributed by atoms with Crippen LogP contribution in [0.5, 0.6) is 0 Å². The van der Waals surface area contributed by atoms with Crippen molar-refractivity contribution in [2.45, 2.75) is 26.3 Å². The number of nitrogens with zero attached hydrogens (tertiary/aromatic N) is 3. The molecular weight excluding hydrogens is 288 g/mol. The highest BCUT2D eigenvalue weighted by Crippen LogP contribution is 2.34. The Morgan fingerprint density at radius 1 is 1.41 bits per heavy atom. The number of methoxy groups -OCH3 is 1. The van der Waals surface area contributed by atoms with Crippen molar-refractivity contribution in [1.29, 1.82) is 0 Å². The van der Waals surface area contributed by atoms with Crippen LogP contribution in [-0.4, -0.2) is 45.6 Å². The van der Waals surface area contributed by atoms with Crippen LogP contribution in [0.4, 0.5) is 0 Å². The third kappa shape index (κ3) is 2.26. The molecule has 0 saturated heterocycles. The average Bonchev–Trinajstić information content (AvgIpc) is 3.11. The summed E-state index contributed by atoms with van der Waals surface area (Å²) >= 11 is 0. The maximum Gasteiger partial charge on any atom is 0.359 e. The quantitative estimate of drug-likeness (QED) is 0.836. The predicted octanol–water partition coefficient (Wildman–Crippen LogP) is 0.721. The van der Waals surface area contributed by atoms with Gasteiger partial charge < -0.3 is 9.47 Å². The summed E-state index contributed by atoms with van der Waals surface area (Å²) in [4.78, 5) is 23.7. The lowest BCUT2D eigenvalue weighted by molar-refractivity contribution is -0.141. The topological polar surface area (TPSA) is 99.1 Å². The van der Waals surface area contributed by atoms with E-state index in [1.165, 1.54) is 11.8 Å². The summed E-state index contributed by atoms with van der Waals surface area (Å²) in [5.74, 6) is -0.930. The van der Waals surface area contributed by atoms with Crippen molar-refractivity contribution in [3.05, 3.63) is 23.1 Å². The van der Waals surface area contributed by atoms with Gasteiger partial charge in [0.25, 0.3) is 0 Å². The highest BCUT2D eigenvalue weighted by molar-refractivity contribution is 5.96. The molecule has 1 aliphatic rings. The maximum atomic E-state index is 12.2. The van der Waals surface area contributed by atoms with Gasteiger partial charge in [-0.05, 0) is 25.3 Å². The zero-order valence-electron chi connectivity index (χ0n) is 12.4. The van der Waals surface area contributed by atoms with Crippen molar-refractivity contribution < 1.29 is 19.1 Å². The minimum absolute atomic E-state index is 0.0400. The van der Waals surface area contributed by atoms with Gasteiger partial charge in [0.2, 0.25) is 0 Å². The predicted molar refractivity (Wildman–Crippen MR) is 75.2 cm³/mol. The van der Waals surface area contributed by atoms with Gasteiger partial charge in [-0.1, -0.05) is 0 Å². The minimum atomic E-state index is -0.509. The molecule has 2 aromatic rings. The number of H-pyrrole nitrogens is 1. The maximum absolute atomic E-state index is 12.2. The molecule has 0 saturated carbocycles. The average molecular weight is 304 g/mol. The van der Waals surface area contributed by atoms with E-state index < -0.39 is 11.9 Å². The Labute approximate surface area is 126 Å². The summed E-state index contributed by atoms with van der Waals surface area (Å²) in [6, 6.07) is 0. The zero-order chi connectivity index (χ0) is 15.7. The van der Waals surface area contributed by atoms with Gasteiger partial charge in [-0.25, -0.2) is 4.79 Å². The van der Waals surface area contributed by atoms with Crippen molar-refractivity contribution in [2.75, 3.05) is 13.7 Å². The molecule has 0 atom stereocenters. The zero-order valence-corrected chi connectivity index (χ0v) is 12.4. The van der Waals surface area contributed by atoms with Crippen molar-refractivity contribution in [2.24, 2.45) is 0 Å². The van der Waals surface area contributed by atoms with Crippen molar-refractivity contribution >= 4 is 11.9 Å². The Morgan fingerprint density at radius 3 is 2.95 bits per heavy atom. The normalized spacial score (nSPS) is 12.5. The van der Waals surface area contributed by atoms with E-state index >= 15 is 0 Å². The van der Waals surface area contributed by atoms with Gasteiger partial charge in [-0.3, -0.25) is 14.6 Å². The third-order valence-electron chi connectivity index (χ3n) is 3.63. The van der Waals surface area contributed by atoms with E-state index in [4.69, 9.17) is 4.74 Å². The Balaban J connectivity index is 2.11. The van der Waals surface area contributed by atoms with Gasteiger partial charge in [0.05, 0.1) is 31.2 Å². The second-order valence-corrected chi connectivity index (χ2v) is 4.89. The van der Waals surface area contributed by atoms with Crippen LogP contribution in [0.25, 0.3) is 11.3 Å². The molecule has 0 radical (unpaired) electrons. The summed E-state index contributed by atoms with van der Waals surface area (Å²) in [5.41, 5.74) is 3.47. The molecule has 0 spiro atoms. The van der Waals surface area contributed by atoms with Crippen LogP contribution >= 0.6 is 0 Å². The van der Waals surface area contributed by atoms with Crippen LogP contribution in [0.3, 0.4) is 0 Å². The number of nitrogens with one attached hydrogen (secondary N) is 1. The van der Waals surface area contributed by atoms with Crippen molar-refractivity contribution in [3.63, 3.8) is 0 Å². The van der Waals surface area contributed by atoms with E-state index in [0.29, 0.717) is 12.0 Å². The number of hydrogen-bond donors (Lipinski definition) is 1. The van der Waals surface area contributed by atoms with E-state index in [-0.39, 0.29) is 18.8 Å². The Kier molecular flexibility index (Phi) is 3.66. The lowest BCUT2D eigenvalue weighted by atomic mass is 9.94. The number of ether oxygens (including phenoxy) is 2. The SMILES string of the molecule is CCOC(=O)c1nn(CC(=O)OC)c2c1-c1[nH]ncc1CC2. The lowest BCUT2D eigenvalue weighted by Gasteiger charge is -2.14. The molecule has 0 fully saturated rings. The third-order valence-corrected chi connectivity index (χ3v) is 3.63. The molecule has 0 bridgehead atoms. The van der Waals surface area contributed by atoms with Crippen molar-refractivity contribution in [1.82, 2.24) is 20.0 Å². The summed E-state index contributed by atoms with van der Waals surface area (Å²) < 4.78 is 11.3. The molecule has 3 rings (SSSR count). The highest BCUT2D eigenvalue weighted by Gasteiger charge is 2.31. The molecule has 0 amide bonds. The number of hydrogen-bond acceptors (Lipinski definition) is 6. The van der Waals surface area contributed by atoms with E-state index in [2.05, 4.69) is 20.0 Å². The number of esters is 2. The molecule has 8 nitrogen and oxygen atoms in total. The number of carbonyl (C=O) groups is 2. The summed E-state index contributed by atoms with van der Waals surface area (Å²) in [5, 5.41) is 11.2. The Morgan fingerprint density at radius 2 is 2.23 bits per heavy atom. The second-order valence-electron chi connectivity index (χ2n) is 4.89. The van der Waals surface area contributed by atoms with E-state index in [1.54, 1.807) is 13.1 Å². The molecule has 8 heteroatoms. The fourth-order valence-electron chi connectivity index (χ4n) is 2.64. The molecule has 22 heavy (non-hydrogen) atoms. The van der Waals surface area contributed by atoms with E-state index in [1.807, 2.05) is 0 Å². The first-order valence-electron chi connectivity index (χ1n) is 7.02. The van der Waals surface area contributed by atoms with Gasteiger partial charge >= 0.3 is 11.9 Å². The number of aryl methyl sites for hydroxylation is 1. The molecule has 1 N–H and O–H groups in total. The summed E-state index contributed by atoms with van der Waals surface area (Å²) in [6.07, 6.45) is 3.18. The van der Waals surface area contributed by atoms with Crippen LogP contribution < -0.4 is 0 Å². The van der Waals surface area contributed by atoms with Crippen molar-refractivity contribution in [3.8, 4) is 11.3 Å². The van der Waals surface area contributed by atoms with Crippen LogP contribution in [-0.2, 0) is 33.7 Å². The smallest absolute Gasteiger partial charge is 0.359 e. The monoisotopic (exact) mass is 304 g/mol. The molecule has 0 unspecified atom stereocenters. The first-order valence-corrected chi connectivity index (χ1v) is 7.02. The van der Waals surface area contributed by atoms with Crippen LogP contribution in [0, 0.1) is 0 Å². The van der Waals surface area contributed by atoms with Crippen LogP contribution in [0.1, 0.15) is 28.7 Å². The van der Waals surface area contributed by atoms with Gasteiger partial charge in [-0.15, -0.1) is 0 Å². The first kappa shape index (κ1) is 14.3. The summed E-state index contributed by atoms with van der Waals surface area (Å²) in [7, 11) is 1.32. The van der Waals surface area contributed by atoms with Gasteiger partial charge in [-0.2, -0.15) is 10.2 Å². The number of carbonyl (C=O) groups excluding carboxylic acids is 2. The second kappa shape index (κ2) is 5.63. The molecule has 2 aromatic heterocycles. The fraction of sp³-hybridized carbons (Fsp3) is 0.429. The van der Waals surface area contributed by atoms with Gasteiger partial charge in [0.1, 0.15) is 6.54 Å². The Hall–Kier alpha value is -2.64. The van der Waals surface area contributed by atoms with E-state index in [0.717, 1.165) is 23.4 Å².